The van der Waals surface area contributed by atoms with Gasteiger partial charge in [-0.1, -0.05) is 28.1 Å². The molecule has 6 nitrogen and oxygen atoms in total. The molecule has 1 aromatic heterocycles. The summed E-state index contributed by atoms with van der Waals surface area (Å²) < 4.78 is 2.39. The zero-order valence-electron chi connectivity index (χ0n) is 11.3. The molecule has 0 N–H and O–H groups in total. The summed E-state index contributed by atoms with van der Waals surface area (Å²) in [5.74, 6) is 0. The molecule has 3 rings (SSSR count). The molecule has 0 aliphatic heterocycles. The van der Waals surface area contributed by atoms with Crippen LogP contribution in [0.5, 0.6) is 0 Å². The van der Waals surface area contributed by atoms with E-state index in [2.05, 4.69) is 20.9 Å². The summed E-state index contributed by atoms with van der Waals surface area (Å²) in [5, 5.41) is 11.1. The smallest absolute Gasteiger partial charge is 0.270 e. The van der Waals surface area contributed by atoms with Gasteiger partial charge < -0.3 is 0 Å². The Bertz CT molecular complexity index is 919. The van der Waals surface area contributed by atoms with Crippen molar-refractivity contribution in [1.29, 1.82) is 0 Å². The predicted octanol–water partition coefficient (Wildman–Crippen LogP) is 3.12. The Balaban J connectivity index is 2.07. The topological polar surface area (TPSA) is 78.0 Å². The minimum Gasteiger partial charge on any atom is -0.294 e. The molecule has 2 aromatic carbocycles. The molecule has 0 atom stereocenters. The third kappa shape index (κ3) is 2.75. The van der Waals surface area contributed by atoms with Crippen molar-refractivity contribution < 1.29 is 4.92 Å². The maximum atomic E-state index is 12.5. The fourth-order valence-corrected chi connectivity index (χ4v) is 2.42. The summed E-state index contributed by atoms with van der Waals surface area (Å²) in [5.41, 5.74) is 0.976. The largest absolute Gasteiger partial charge is 0.294 e. The van der Waals surface area contributed by atoms with Crippen LogP contribution in [-0.4, -0.2) is 14.5 Å². The van der Waals surface area contributed by atoms with Crippen LogP contribution in [-0.2, 0) is 6.54 Å². The second-order valence-corrected chi connectivity index (χ2v) is 5.68. The molecule has 0 fully saturated rings. The normalized spacial score (nSPS) is 10.8. The van der Waals surface area contributed by atoms with E-state index >= 15 is 0 Å². The van der Waals surface area contributed by atoms with Crippen molar-refractivity contribution in [3.05, 3.63) is 79.3 Å². The number of rotatable bonds is 3. The Hall–Kier alpha value is -2.54. The quantitative estimate of drug-likeness (QED) is 0.531. The zero-order chi connectivity index (χ0) is 15.7. The van der Waals surface area contributed by atoms with Crippen LogP contribution in [0, 0.1) is 10.1 Å². The first-order valence-corrected chi connectivity index (χ1v) is 7.22. The van der Waals surface area contributed by atoms with E-state index in [1.807, 2.05) is 24.3 Å². The van der Waals surface area contributed by atoms with Crippen LogP contribution in [0.3, 0.4) is 0 Å². The second-order valence-electron chi connectivity index (χ2n) is 4.76. The summed E-state index contributed by atoms with van der Waals surface area (Å²) in [6.07, 6.45) is 1.46. The van der Waals surface area contributed by atoms with E-state index < -0.39 is 4.92 Å². The lowest BCUT2D eigenvalue weighted by Gasteiger charge is -2.07. The van der Waals surface area contributed by atoms with E-state index in [9.17, 15) is 14.9 Å². The SMILES string of the molecule is O=c1c2cc([N+](=O)[O-])ccc2ncn1Cc1ccc(Br)cc1. The average molecular weight is 360 g/mol. The average Bonchev–Trinajstić information content (AvgIpc) is 2.52. The van der Waals surface area contributed by atoms with Crippen LogP contribution < -0.4 is 5.56 Å². The molecule has 22 heavy (non-hydrogen) atoms. The molecule has 7 heteroatoms. The molecule has 0 bridgehead atoms. The highest BCUT2D eigenvalue weighted by Crippen LogP contribution is 2.16. The molecule has 3 aromatic rings. The first kappa shape index (κ1) is 14.4. The van der Waals surface area contributed by atoms with Gasteiger partial charge >= 0.3 is 0 Å². The number of nitrogens with zero attached hydrogens (tertiary/aromatic N) is 3. The van der Waals surface area contributed by atoms with Crippen LogP contribution in [0.1, 0.15) is 5.56 Å². The van der Waals surface area contributed by atoms with Crippen LogP contribution >= 0.6 is 15.9 Å². The lowest BCUT2D eigenvalue weighted by Crippen LogP contribution is -2.21. The molecular formula is C15H10BrN3O3. The first-order chi connectivity index (χ1) is 10.5. The molecule has 0 unspecified atom stereocenters. The summed E-state index contributed by atoms with van der Waals surface area (Å²) in [7, 11) is 0. The van der Waals surface area contributed by atoms with E-state index in [0.29, 0.717) is 12.1 Å². The summed E-state index contributed by atoms with van der Waals surface area (Å²) in [4.78, 5) is 27.0. The van der Waals surface area contributed by atoms with Gasteiger partial charge in [0.25, 0.3) is 11.2 Å². The van der Waals surface area contributed by atoms with Gasteiger partial charge in [0.15, 0.2) is 0 Å². The van der Waals surface area contributed by atoms with E-state index in [-0.39, 0.29) is 16.6 Å². The number of aromatic nitrogens is 2. The van der Waals surface area contributed by atoms with Gasteiger partial charge in [0.2, 0.25) is 0 Å². The fraction of sp³-hybridized carbons (Fsp3) is 0.0667. The van der Waals surface area contributed by atoms with Crippen molar-refractivity contribution >= 4 is 32.5 Å². The van der Waals surface area contributed by atoms with Gasteiger partial charge in [-0.05, 0) is 23.8 Å². The van der Waals surface area contributed by atoms with Crippen molar-refractivity contribution in [2.24, 2.45) is 0 Å². The number of nitro benzene ring substituents is 1. The van der Waals surface area contributed by atoms with Crippen LogP contribution in [0.4, 0.5) is 5.69 Å². The molecule has 0 aliphatic carbocycles. The molecule has 110 valence electrons. The molecular weight excluding hydrogens is 350 g/mol. The van der Waals surface area contributed by atoms with Crippen LogP contribution in [0.25, 0.3) is 10.9 Å². The van der Waals surface area contributed by atoms with Crippen LogP contribution in [0.2, 0.25) is 0 Å². The Labute approximate surface area is 133 Å². The number of hydrogen-bond acceptors (Lipinski definition) is 4. The Kier molecular flexibility index (Phi) is 3.72. The molecule has 0 spiro atoms. The molecule has 0 saturated heterocycles. The predicted molar refractivity (Wildman–Crippen MR) is 85.9 cm³/mol. The maximum Gasteiger partial charge on any atom is 0.270 e. The minimum atomic E-state index is -0.523. The van der Waals surface area contributed by atoms with Crippen molar-refractivity contribution in [2.75, 3.05) is 0 Å². The maximum absolute atomic E-state index is 12.5. The number of nitro groups is 1. The van der Waals surface area contributed by atoms with Crippen molar-refractivity contribution in [3.8, 4) is 0 Å². The van der Waals surface area contributed by atoms with E-state index in [1.165, 1.54) is 29.1 Å². The highest BCUT2D eigenvalue weighted by Gasteiger charge is 2.11. The van der Waals surface area contributed by atoms with Crippen LogP contribution in [0.15, 0.2) is 58.1 Å². The number of fused-ring (bicyclic) bond motifs is 1. The summed E-state index contributed by atoms with van der Waals surface area (Å²) >= 11 is 3.35. The van der Waals surface area contributed by atoms with E-state index in [1.54, 1.807) is 0 Å². The number of non-ortho nitro benzene ring substituents is 1. The standard InChI is InChI=1S/C15H10BrN3O3/c16-11-3-1-10(2-4-11)8-18-9-17-14-6-5-12(19(21)22)7-13(14)15(18)20/h1-7,9H,8H2. The molecule has 0 amide bonds. The lowest BCUT2D eigenvalue weighted by molar-refractivity contribution is -0.384. The molecule has 1 heterocycles. The molecule has 0 radical (unpaired) electrons. The van der Waals surface area contributed by atoms with Crippen molar-refractivity contribution in [3.63, 3.8) is 0 Å². The Morgan fingerprint density at radius 3 is 2.59 bits per heavy atom. The highest BCUT2D eigenvalue weighted by atomic mass is 79.9. The number of hydrogen-bond donors (Lipinski definition) is 0. The fourth-order valence-electron chi connectivity index (χ4n) is 2.16. The van der Waals surface area contributed by atoms with Gasteiger partial charge in [-0.25, -0.2) is 4.98 Å². The number of benzene rings is 2. The van der Waals surface area contributed by atoms with Gasteiger partial charge in [0.1, 0.15) is 0 Å². The third-order valence-corrected chi connectivity index (χ3v) is 3.81. The molecule has 0 saturated carbocycles. The van der Waals surface area contributed by atoms with Gasteiger partial charge in [0.05, 0.1) is 28.7 Å². The van der Waals surface area contributed by atoms with Gasteiger partial charge in [-0.3, -0.25) is 19.5 Å². The first-order valence-electron chi connectivity index (χ1n) is 6.42. The monoisotopic (exact) mass is 359 g/mol. The third-order valence-electron chi connectivity index (χ3n) is 3.28. The van der Waals surface area contributed by atoms with E-state index in [0.717, 1.165) is 10.0 Å². The van der Waals surface area contributed by atoms with Gasteiger partial charge in [0, 0.05) is 16.6 Å². The highest BCUT2D eigenvalue weighted by molar-refractivity contribution is 9.10. The Morgan fingerprint density at radius 1 is 1.18 bits per heavy atom. The lowest BCUT2D eigenvalue weighted by atomic mass is 10.2. The van der Waals surface area contributed by atoms with Crippen molar-refractivity contribution in [1.82, 2.24) is 9.55 Å². The van der Waals surface area contributed by atoms with E-state index in [4.69, 9.17) is 0 Å². The minimum absolute atomic E-state index is 0.118. The summed E-state index contributed by atoms with van der Waals surface area (Å²) in [6, 6.07) is 11.7. The number of halogens is 1. The summed E-state index contributed by atoms with van der Waals surface area (Å²) in [6.45, 7) is 0.359. The van der Waals surface area contributed by atoms with Gasteiger partial charge in [-0.2, -0.15) is 0 Å². The Morgan fingerprint density at radius 2 is 1.91 bits per heavy atom. The van der Waals surface area contributed by atoms with Crippen molar-refractivity contribution in [2.45, 2.75) is 6.54 Å². The second kappa shape index (κ2) is 5.69. The van der Waals surface area contributed by atoms with Gasteiger partial charge in [-0.15, -0.1) is 0 Å². The zero-order valence-corrected chi connectivity index (χ0v) is 12.9. The molecule has 0 aliphatic rings.